The molecule has 1 saturated heterocycles. The standard InChI is InChI=1S/C19H30N2O.C7H8/c1-15-11-10-12-16(2)18(15)20-19(22)17(3)21(4)13-8-6-5-7-9-14-21;1-7-5-3-2-4-6-7/h10-12,17H,5-9,13-14H2,1-4H3;2-6H,1H3/p+1. The van der Waals surface area contributed by atoms with Gasteiger partial charge in [0.25, 0.3) is 5.91 Å². The van der Waals surface area contributed by atoms with E-state index in [-0.39, 0.29) is 11.9 Å². The Kier molecular flexibility index (Phi) is 8.91. The molecule has 1 unspecified atom stereocenters. The van der Waals surface area contributed by atoms with Crippen molar-refractivity contribution < 1.29 is 9.28 Å². The number of hydrogen-bond donors (Lipinski definition) is 1. The lowest BCUT2D eigenvalue weighted by Crippen LogP contribution is -2.57. The number of carbonyl (C=O) groups excluding carboxylic acids is 1. The number of likely N-dealkylation sites (N-methyl/N-ethyl adjacent to an activating group) is 1. The molecule has 1 heterocycles. The highest BCUT2D eigenvalue weighted by Gasteiger charge is 2.34. The average Bonchev–Trinajstić information content (AvgIpc) is 2.68. The van der Waals surface area contributed by atoms with Crippen molar-refractivity contribution in [1.29, 1.82) is 0 Å². The molecule has 0 saturated carbocycles. The van der Waals surface area contributed by atoms with Crippen molar-refractivity contribution in [2.75, 3.05) is 25.5 Å². The summed E-state index contributed by atoms with van der Waals surface area (Å²) in [6.07, 6.45) is 6.43. The summed E-state index contributed by atoms with van der Waals surface area (Å²) in [7, 11) is 2.25. The zero-order valence-electron chi connectivity index (χ0n) is 19.0. The molecule has 3 rings (SSSR count). The van der Waals surface area contributed by atoms with Crippen molar-refractivity contribution >= 4 is 11.6 Å². The van der Waals surface area contributed by atoms with Crippen molar-refractivity contribution in [3.05, 3.63) is 65.2 Å². The maximum absolute atomic E-state index is 12.8. The van der Waals surface area contributed by atoms with E-state index in [0.29, 0.717) is 0 Å². The number of aryl methyl sites for hydroxylation is 3. The second-order valence-electron chi connectivity index (χ2n) is 8.78. The van der Waals surface area contributed by atoms with E-state index in [4.69, 9.17) is 0 Å². The summed E-state index contributed by atoms with van der Waals surface area (Å²) < 4.78 is 0.872. The molecule has 1 aliphatic rings. The number of anilines is 1. The Morgan fingerprint density at radius 2 is 1.34 bits per heavy atom. The molecule has 1 fully saturated rings. The van der Waals surface area contributed by atoms with Gasteiger partial charge in [0.15, 0.2) is 6.04 Å². The first-order valence-electron chi connectivity index (χ1n) is 11.1. The minimum Gasteiger partial charge on any atom is -0.320 e. The third kappa shape index (κ3) is 7.01. The molecule has 0 aromatic heterocycles. The molecule has 0 spiro atoms. The largest absolute Gasteiger partial charge is 0.320 e. The van der Waals surface area contributed by atoms with Crippen molar-refractivity contribution in [1.82, 2.24) is 0 Å². The van der Waals surface area contributed by atoms with Gasteiger partial charge in [-0.05, 0) is 64.5 Å². The smallest absolute Gasteiger partial charge is 0.282 e. The van der Waals surface area contributed by atoms with Crippen LogP contribution in [0.3, 0.4) is 0 Å². The van der Waals surface area contributed by atoms with Gasteiger partial charge >= 0.3 is 0 Å². The number of carbonyl (C=O) groups is 1. The first-order valence-corrected chi connectivity index (χ1v) is 11.1. The molecular formula is C26H39N2O+. The van der Waals surface area contributed by atoms with Gasteiger partial charge in [0.1, 0.15) is 0 Å². The fourth-order valence-electron chi connectivity index (χ4n) is 4.03. The van der Waals surface area contributed by atoms with Gasteiger partial charge in [-0.1, -0.05) is 60.5 Å². The lowest BCUT2D eigenvalue weighted by molar-refractivity contribution is -0.923. The van der Waals surface area contributed by atoms with Gasteiger partial charge in [-0.15, -0.1) is 0 Å². The molecule has 2 aromatic carbocycles. The first kappa shape index (κ1) is 23.2. The van der Waals surface area contributed by atoms with E-state index in [1.54, 1.807) is 0 Å². The molecule has 3 nitrogen and oxygen atoms in total. The van der Waals surface area contributed by atoms with Crippen molar-refractivity contribution in [3.8, 4) is 0 Å². The van der Waals surface area contributed by atoms with E-state index in [1.165, 1.54) is 37.7 Å². The summed E-state index contributed by atoms with van der Waals surface area (Å²) >= 11 is 0. The van der Waals surface area contributed by atoms with Gasteiger partial charge in [-0.3, -0.25) is 4.79 Å². The van der Waals surface area contributed by atoms with Crippen LogP contribution in [0.2, 0.25) is 0 Å². The Balaban J connectivity index is 0.000000360. The lowest BCUT2D eigenvalue weighted by Gasteiger charge is -2.40. The van der Waals surface area contributed by atoms with Gasteiger partial charge in [-0.25, -0.2) is 0 Å². The van der Waals surface area contributed by atoms with Crippen LogP contribution in [0.15, 0.2) is 48.5 Å². The Bertz CT molecular complexity index is 741. The number of rotatable bonds is 3. The van der Waals surface area contributed by atoms with Crippen LogP contribution in [0.1, 0.15) is 55.7 Å². The fourth-order valence-corrected chi connectivity index (χ4v) is 4.03. The highest BCUT2D eigenvalue weighted by Crippen LogP contribution is 2.23. The molecule has 158 valence electrons. The average molecular weight is 396 g/mol. The fraction of sp³-hybridized carbons (Fsp3) is 0.500. The second-order valence-corrected chi connectivity index (χ2v) is 8.78. The Hall–Kier alpha value is -2.13. The number of hydrogen-bond acceptors (Lipinski definition) is 1. The zero-order chi connectivity index (χ0) is 21.3. The maximum atomic E-state index is 12.8. The van der Waals surface area contributed by atoms with Crippen LogP contribution in [-0.4, -0.2) is 36.6 Å². The van der Waals surface area contributed by atoms with Gasteiger partial charge in [0.05, 0.1) is 20.1 Å². The minimum absolute atomic E-state index is 0.00268. The summed E-state index contributed by atoms with van der Waals surface area (Å²) in [5.74, 6) is 0.153. The molecule has 1 N–H and O–H groups in total. The maximum Gasteiger partial charge on any atom is 0.282 e. The van der Waals surface area contributed by atoms with Crippen LogP contribution in [0, 0.1) is 20.8 Å². The molecule has 1 amide bonds. The van der Waals surface area contributed by atoms with Gasteiger partial charge < -0.3 is 9.80 Å². The van der Waals surface area contributed by atoms with Crippen LogP contribution in [0.5, 0.6) is 0 Å². The molecular weight excluding hydrogens is 356 g/mol. The summed E-state index contributed by atoms with van der Waals surface area (Å²) in [5, 5.41) is 3.18. The van der Waals surface area contributed by atoms with E-state index in [0.717, 1.165) is 34.4 Å². The van der Waals surface area contributed by atoms with Crippen LogP contribution in [0.4, 0.5) is 5.69 Å². The molecule has 0 aliphatic carbocycles. The van der Waals surface area contributed by atoms with Crippen LogP contribution in [0.25, 0.3) is 0 Å². The predicted octanol–water partition coefficient (Wildman–Crippen LogP) is 6.04. The number of quaternary nitrogens is 1. The van der Waals surface area contributed by atoms with Crippen molar-refractivity contribution in [3.63, 3.8) is 0 Å². The number of likely N-dealkylation sites (tertiary alicyclic amines) is 1. The van der Waals surface area contributed by atoms with Crippen LogP contribution < -0.4 is 5.32 Å². The number of amides is 1. The molecule has 0 bridgehead atoms. The quantitative estimate of drug-likeness (QED) is 0.631. The summed E-state index contributed by atoms with van der Waals surface area (Å²) in [4.78, 5) is 12.8. The third-order valence-corrected chi connectivity index (χ3v) is 6.32. The van der Waals surface area contributed by atoms with E-state index < -0.39 is 0 Å². The molecule has 29 heavy (non-hydrogen) atoms. The van der Waals surface area contributed by atoms with Crippen LogP contribution in [-0.2, 0) is 4.79 Å². The summed E-state index contributed by atoms with van der Waals surface area (Å²) in [6, 6.07) is 16.4. The van der Waals surface area contributed by atoms with E-state index in [2.05, 4.69) is 64.3 Å². The van der Waals surface area contributed by atoms with E-state index >= 15 is 0 Å². The predicted molar refractivity (Wildman–Crippen MR) is 124 cm³/mol. The Labute approximate surface area is 177 Å². The normalized spacial score (nSPS) is 17.1. The summed E-state index contributed by atoms with van der Waals surface area (Å²) in [5.41, 5.74) is 4.58. The monoisotopic (exact) mass is 395 g/mol. The highest BCUT2D eigenvalue weighted by atomic mass is 16.2. The Morgan fingerprint density at radius 1 is 0.828 bits per heavy atom. The number of nitrogens with one attached hydrogen (secondary N) is 1. The number of benzene rings is 2. The van der Waals surface area contributed by atoms with Gasteiger partial charge in [0, 0.05) is 5.69 Å². The van der Waals surface area contributed by atoms with Crippen LogP contribution >= 0.6 is 0 Å². The van der Waals surface area contributed by atoms with Gasteiger partial charge in [-0.2, -0.15) is 0 Å². The number of nitrogens with zero attached hydrogens (tertiary/aromatic N) is 1. The minimum atomic E-state index is -0.00268. The molecule has 3 heteroatoms. The molecule has 0 radical (unpaired) electrons. The third-order valence-electron chi connectivity index (χ3n) is 6.32. The Morgan fingerprint density at radius 3 is 1.83 bits per heavy atom. The lowest BCUT2D eigenvalue weighted by atomic mass is 10.0. The SMILES string of the molecule is Cc1cccc(C)c1NC(=O)C(C)[N+]1(C)CCCCCCC1.Cc1ccccc1. The molecule has 1 atom stereocenters. The van der Waals surface area contributed by atoms with Crippen molar-refractivity contribution in [2.45, 2.75) is 65.8 Å². The zero-order valence-corrected chi connectivity index (χ0v) is 19.0. The topological polar surface area (TPSA) is 29.1 Å². The second kappa shape index (κ2) is 11.2. The van der Waals surface area contributed by atoms with E-state index in [1.807, 2.05) is 24.3 Å². The first-order chi connectivity index (χ1) is 13.8. The highest BCUT2D eigenvalue weighted by molar-refractivity contribution is 5.95. The summed E-state index contributed by atoms with van der Waals surface area (Å²) in [6.45, 7) is 10.5. The van der Waals surface area contributed by atoms with Crippen molar-refractivity contribution in [2.24, 2.45) is 0 Å². The van der Waals surface area contributed by atoms with Gasteiger partial charge in [0.2, 0.25) is 0 Å². The number of para-hydroxylation sites is 1. The van der Waals surface area contributed by atoms with E-state index in [9.17, 15) is 4.79 Å². The molecule has 2 aromatic rings. The molecule has 1 aliphatic heterocycles.